The fourth-order valence-electron chi connectivity index (χ4n) is 2.85. The molecule has 0 atom stereocenters. The second-order valence-electron chi connectivity index (χ2n) is 5.81. The summed E-state index contributed by atoms with van der Waals surface area (Å²) >= 11 is 0. The SMILES string of the molecule is Cc1ccc(-c2cc3nnc4c(C)cccc4c3[nH]c2=O)cc1. The predicted octanol–water partition coefficient (Wildman–Crippen LogP) is 3.76. The molecule has 0 amide bonds. The molecule has 0 saturated heterocycles. The Kier molecular flexibility index (Phi) is 2.98. The van der Waals surface area contributed by atoms with E-state index in [-0.39, 0.29) is 5.56 Å². The molecule has 0 fully saturated rings. The molecular formula is C19H15N3O. The smallest absolute Gasteiger partial charge is 0.256 e. The average molecular weight is 301 g/mol. The molecule has 0 aliphatic rings. The fourth-order valence-corrected chi connectivity index (χ4v) is 2.85. The van der Waals surface area contributed by atoms with E-state index in [9.17, 15) is 4.79 Å². The van der Waals surface area contributed by atoms with Crippen molar-refractivity contribution in [3.8, 4) is 11.1 Å². The maximum absolute atomic E-state index is 12.5. The standard InChI is InChI=1S/C19H15N3O/c1-11-6-8-13(9-7-11)15-10-16-18(20-19(15)23)14-5-3-4-12(2)17(14)22-21-16/h3-10H,1-2H3,(H,20,23). The van der Waals surface area contributed by atoms with Gasteiger partial charge in [-0.1, -0.05) is 48.0 Å². The zero-order valence-corrected chi connectivity index (χ0v) is 12.9. The molecule has 1 N–H and O–H groups in total. The molecule has 4 rings (SSSR count). The lowest BCUT2D eigenvalue weighted by Gasteiger charge is -2.07. The van der Waals surface area contributed by atoms with Gasteiger partial charge in [0.25, 0.3) is 5.56 Å². The fraction of sp³-hybridized carbons (Fsp3) is 0.105. The molecule has 0 aliphatic carbocycles. The van der Waals surface area contributed by atoms with Crippen molar-refractivity contribution in [2.45, 2.75) is 13.8 Å². The van der Waals surface area contributed by atoms with Gasteiger partial charge in [-0.3, -0.25) is 4.79 Å². The first-order valence-corrected chi connectivity index (χ1v) is 7.49. The summed E-state index contributed by atoms with van der Waals surface area (Å²) in [4.78, 5) is 15.5. The van der Waals surface area contributed by atoms with E-state index < -0.39 is 0 Å². The molecule has 0 bridgehead atoms. The van der Waals surface area contributed by atoms with Crippen molar-refractivity contribution < 1.29 is 0 Å². The maximum atomic E-state index is 12.5. The second-order valence-corrected chi connectivity index (χ2v) is 5.81. The predicted molar refractivity (Wildman–Crippen MR) is 92.6 cm³/mol. The Hall–Kier alpha value is -3.01. The van der Waals surface area contributed by atoms with E-state index in [1.165, 1.54) is 0 Å². The first kappa shape index (κ1) is 13.6. The normalized spacial score (nSPS) is 11.2. The topological polar surface area (TPSA) is 58.6 Å². The molecule has 112 valence electrons. The molecular weight excluding hydrogens is 286 g/mol. The lowest BCUT2D eigenvalue weighted by molar-refractivity contribution is 1.10. The van der Waals surface area contributed by atoms with Gasteiger partial charge in [0.15, 0.2) is 0 Å². The monoisotopic (exact) mass is 301 g/mol. The molecule has 2 aromatic carbocycles. The highest BCUT2D eigenvalue weighted by Gasteiger charge is 2.10. The van der Waals surface area contributed by atoms with Crippen LogP contribution in [-0.4, -0.2) is 15.2 Å². The van der Waals surface area contributed by atoms with Crippen LogP contribution in [-0.2, 0) is 0 Å². The molecule has 0 radical (unpaired) electrons. The van der Waals surface area contributed by atoms with Gasteiger partial charge in [-0.2, -0.15) is 0 Å². The van der Waals surface area contributed by atoms with Crippen molar-refractivity contribution >= 4 is 21.9 Å². The van der Waals surface area contributed by atoms with Gasteiger partial charge in [-0.25, -0.2) is 0 Å². The number of pyridine rings is 1. The number of nitrogens with one attached hydrogen (secondary N) is 1. The minimum Gasteiger partial charge on any atom is -0.319 e. The van der Waals surface area contributed by atoms with Crippen LogP contribution in [0, 0.1) is 13.8 Å². The minimum absolute atomic E-state index is 0.114. The summed E-state index contributed by atoms with van der Waals surface area (Å²) in [5.41, 5.74) is 5.82. The van der Waals surface area contributed by atoms with Gasteiger partial charge in [0.1, 0.15) is 5.52 Å². The van der Waals surface area contributed by atoms with Crippen LogP contribution < -0.4 is 5.56 Å². The molecule has 0 unspecified atom stereocenters. The van der Waals surface area contributed by atoms with E-state index in [1.54, 1.807) is 0 Å². The first-order chi connectivity index (χ1) is 11.1. The van der Waals surface area contributed by atoms with Gasteiger partial charge in [0.05, 0.1) is 11.0 Å². The van der Waals surface area contributed by atoms with E-state index >= 15 is 0 Å². The highest BCUT2D eigenvalue weighted by atomic mass is 16.1. The number of aryl methyl sites for hydroxylation is 2. The molecule has 0 aliphatic heterocycles. The number of hydrogen-bond acceptors (Lipinski definition) is 3. The second kappa shape index (κ2) is 5.02. The summed E-state index contributed by atoms with van der Waals surface area (Å²) in [5.74, 6) is 0. The third-order valence-electron chi connectivity index (χ3n) is 4.15. The van der Waals surface area contributed by atoms with Crippen molar-refractivity contribution in [3.05, 3.63) is 70.0 Å². The number of benzene rings is 2. The first-order valence-electron chi connectivity index (χ1n) is 7.49. The van der Waals surface area contributed by atoms with Crippen molar-refractivity contribution in [3.63, 3.8) is 0 Å². The lowest BCUT2D eigenvalue weighted by Crippen LogP contribution is -2.10. The van der Waals surface area contributed by atoms with Gasteiger partial charge in [-0.15, -0.1) is 10.2 Å². The lowest BCUT2D eigenvalue weighted by atomic mass is 10.0. The summed E-state index contributed by atoms with van der Waals surface area (Å²) in [7, 11) is 0. The molecule has 4 aromatic rings. The van der Waals surface area contributed by atoms with Gasteiger partial charge in [-0.05, 0) is 31.0 Å². The highest BCUT2D eigenvalue weighted by Crippen LogP contribution is 2.24. The van der Waals surface area contributed by atoms with Gasteiger partial charge >= 0.3 is 0 Å². The Balaban J connectivity index is 2.04. The van der Waals surface area contributed by atoms with Crippen LogP contribution in [0.5, 0.6) is 0 Å². The average Bonchev–Trinajstić information content (AvgIpc) is 2.55. The summed E-state index contributed by atoms with van der Waals surface area (Å²) in [6.07, 6.45) is 0. The maximum Gasteiger partial charge on any atom is 0.256 e. The van der Waals surface area contributed by atoms with Crippen molar-refractivity contribution in [1.29, 1.82) is 0 Å². The number of hydrogen-bond donors (Lipinski definition) is 1. The molecule has 0 spiro atoms. The highest BCUT2D eigenvalue weighted by molar-refractivity contribution is 6.02. The molecule has 4 nitrogen and oxygen atoms in total. The van der Waals surface area contributed by atoms with Crippen molar-refractivity contribution in [1.82, 2.24) is 15.2 Å². The van der Waals surface area contributed by atoms with E-state index in [1.807, 2.05) is 62.4 Å². The third kappa shape index (κ3) is 2.19. The van der Waals surface area contributed by atoms with E-state index in [0.717, 1.165) is 33.1 Å². The van der Waals surface area contributed by atoms with Gasteiger partial charge < -0.3 is 4.98 Å². The third-order valence-corrected chi connectivity index (χ3v) is 4.15. The van der Waals surface area contributed by atoms with Crippen LogP contribution in [0.1, 0.15) is 11.1 Å². The summed E-state index contributed by atoms with van der Waals surface area (Å²) in [6, 6.07) is 15.6. The molecule has 2 aromatic heterocycles. The Morgan fingerprint density at radius 2 is 1.74 bits per heavy atom. The van der Waals surface area contributed by atoms with Crippen LogP contribution in [0.25, 0.3) is 33.1 Å². The van der Waals surface area contributed by atoms with Crippen molar-refractivity contribution in [2.24, 2.45) is 0 Å². The summed E-state index contributed by atoms with van der Waals surface area (Å²) in [5, 5.41) is 9.53. The number of H-pyrrole nitrogens is 1. The summed E-state index contributed by atoms with van der Waals surface area (Å²) < 4.78 is 0. The zero-order chi connectivity index (χ0) is 16.0. The van der Waals surface area contributed by atoms with Crippen molar-refractivity contribution in [2.75, 3.05) is 0 Å². The molecule has 0 saturated carbocycles. The molecule has 2 heterocycles. The molecule has 4 heteroatoms. The minimum atomic E-state index is -0.114. The Morgan fingerprint density at radius 3 is 2.52 bits per heavy atom. The number of aromatic amines is 1. The number of rotatable bonds is 1. The quantitative estimate of drug-likeness (QED) is 0.545. The van der Waals surface area contributed by atoms with E-state index in [0.29, 0.717) is 11.1 Å². The van der Waals surface area contributed by atoms with Crippen LogP contribution in [0.2, 0.25) is 0 Å². The van der Waals surface area contributed by atoms with Gasteiger partial charge in [0.2, 0.25) is 0 Å². The number of nitrogens with zero attached hydrogens (tertiary/aromatic N) is 2. The van der Waals surface area contributed by atoms with Crippen LogP contribution >= 0.6 is 0 Å². The molecule has 23 heavy (non-hydrogen) atoms. The van der Waals surface area contributed by atoms with Gasteiger partial charge in [0, 0.05) is 10.9 Å². The van der Waals surface area contributed by atoms with Crippen LogP contribution in [0.4, 0.5) is 0 Å². The van der Waals surface area contributed by atoms with Crippen LogP contribution in [0.3, 0.4) is 0 Å². The number of fused-ring (bicyclic) bond motifs is 3. The Morgan fingerprint density at radius 1 is 0.957 bits per heavy atom. The largest absolute Gasteiger partial charge is 0.319 e. The van der Waals surface area contributed by atoms with E-state index in [2.05, 4.69) is 15.2 Å². The Labute approximate surface area is 132 Å². The van der Waals surface area contributed by atoms with Crippen LogP contribution in [0.15, 0.2) is 53.3 Å². The summed E-state index contributed by atoms with van der Waals surface area (Å²) in [6.45, 7) is 4.01. The number of aromatic nitrogens is 3. The van der Waals surface area contributed by atoms with E-state index in [4.69, 9.17) is 0 Å². The zero-order valence-electron chi connectivity index (χ0n) is 12.9. The Bertz CT molecular complexity index is 1100.